The summed E-state index contributed by atoms with van der Waals surface area (Å²) in [7, 11) is 2.11. The van der Waals surface area contributed by atoms with Gasteiger partial charge >= 0.3 is 0 Å². The lowest BCUT2D eigenvalue weighted by molar-refractivity contribution is 0.316. The van der Waals surface area contributed by atoms with E-state index in [0.29, 0.717) is 11.6 Å². The fourth-order valence-corrected chi connectivity index (χ4v) is 2.77. The molecule has 3 rings (SSSR count). The van der Waals surface area contributed by atoms with Gasteiger partial charge in [0.15, 0.2) is 5.82 Å². The molecule has 25 heavy (non-hydrogen) atoms. The Morgan fingerprint density at radius 1 is 1.20 bits per heavy atom. The van der Waals surface area contributed by atoms with Crippen LogP contribution in [0.4, 0.5) is 11.8 Å². The molecule has 1 aromatic carbocycles. The van der Waals surface area contributed by atoms with Crippen LogP contribution in [0.3, 0.4) is 0 Å². The number of benzene rings is 1. The SMILES string of the molecule is CC(CN(C)Cc1ccccc1)Nc1cc(-n2cccn2)nc(N)n1. The highest BCUT2D eigenvalue weighted by Gasteiger charge is 2.10. The molecule has 0 aliphatic rings. The molecule has 130 valence electrons. The van der Waals surface area contributed by atoms with Gasteiger partial charge in [-0.25, -0.2) is 4.68 Å². The van der Waals surface area contributed by atoms with Crippen LogP contribution >= 0.6 is 0 Å². The number of likely N-dealkylation sites (N-methyl/N-ethyl adjacent to an activating group) is 1. The number of rotatable bonds is 7. The molecule has 3 aromatic rings. The van der Waals surface area contributed by atoms with E-state index in [1.54, 1.807) is 10.9 Å². The Balaban J connectivity index is 1.61. The van der Waals surface area contributed by atoms with Crippen molar-refractivity contribution in [3.8, 4) is 5.82 Å². The van der Waals surface area contributed by atoms with Gasteiger partial charge in [-0.3, -0.25) is 0 Å². The third kappa shape index (κ3) is 4.77. The first kappa shape index (κ1) is 16.9. The average molecular weight is 337 g/mol. The Hall–Kier alpha value is -2.93. The Morgan fingerprint density at radius 3 is 2.72 bits per heavy atom. The van der Waals surface area contributed by atoms with Crippen molar-refractivity contribution < 1.29 is 0 Å². The first-order valence-corrected chi connectivity index (χ1v) is 8.24. The number of hydrogen-bond donors (Lipinski definition) is 2. The molecule has 0 fully saturated rings. The van der Waals surface area contributed by atoms with E-state index < -0.39 is 0 Å². The lowest BCUT2D eigenvalue weighted by Gasteiger charge is -2.22. The van der Waals surface area contributed by atoms with Gasteiger partial charge in [0, 0.05) is 37.6 Å². The van der Waals surface area contributed by atoms with Crippen molar-refractivity contribution in [3.63, 3.8) is 0 Å². The maximum absolute atomic E-state index is 5.83. The molecule has 0 spiro atoms. The molecule has 0 saturated carbocycles. The van der Waals surface area contributed by atoms with Crippen LogP contribution in [0.1, 0.15) is 12.5 Å². The van der Waals surface area contributed by atoms with E-state index >= 15 is 0 Å². The van der Waals surface area contributed by atoms with Crippen LogP contribution in [-0.2, 0) is 6.54 Å². The molecule has 1 unspecified atom stereocenters. The molecule has 0 amide bonds. The summed E-state index contributed by atoms with van der Waals surface area (Å²) >= 11 is 0. The van der Waals surface area contributed by atoms with Gasteiger partial charge in [-0.15, -0.1) is 0 Å². The summed E-state index contributed by atoms with van der Waals surface area (Å²) in [5.41, 5.74) is 7.13. The molecule has 1 atom stereocenters. The molecular formula is C18H23N7. The number of nitrogens with zero attached hydrogens (tertiary/aromatic N) is 5. The zero-order chi connectivity index (χ0) is 17.6. The highest BCUT2D eigenvalue weighted by Crippen LogP contribution is 2.13. The highest BCUT2D eigenvalue weighted by molar-refractivity contribution is 5.46. The number of anilines is 2. The van der Waals surface area contributed by atoms with Crippen LogP contribution in [0.2, 0.25) is 0 Å². The Bertz CT molecular complexity index is 786. The maximum Gasteiger partial charge on any atom is 0.224 e. The number of nitrogens with one attached hydrogen (secondary N) is 1. The van der Waals surface area contributed by atoms with Gasteiger partial charge in [0.2, 0.25) is 5.95 Å². The van der Waals surface area contributed by atoms with Crippen LogP contribution in [0.25, 0.3) is 5.82 Å². The van der Waals surface area contributed by atoms with Crippen molar-refractivity contribution in [1.82, 2.24) is 24.6 Å². The minimum Gasteiger partial charge on any atom is -0.368 e. The molecule has 0 saturated heterocycles. The van der Waals surface area contributed by atoms with E-state index in [-0.39, 0.29) is 12.0 Å². The van der Waals surface area contributed by atoms with E-state index in [9.17, 15) is 0 Å². The van der Waals surface area contributed by atoms with Crippen molar-refractivity contribution in [2.75, 3.05) is 24.6 Å². The summed E-state index contributed by atoms with van der Waals surface area (Å²) in [6, 6.07) is 14.3. The summed E-state index contributed by atoms with van der Waals surface area (Å²) in [5, 5.41) is 7.57. The Labute approximate surface area is 147 Å². The molecule has 0 aliphatic heterocycles. The normalized spacial score (nSPS) is 12.3. The van der Waals surface area contributed by atoms with E-state index in [0.717, 1.165) is 13.1 Å². The lowest BCUT2D eigenvalue weighted by atomic mass is 10.2. The van der Waals surface area contributed by atoms with Crippen molar-refractivity contribution in [2.24, 2.45) is 0 Å². The van der Waals surface area contributed by atoms with Gasteiger partial charge in [0.05, 0.1) is 0 Å². The van der Waals surface area contributed by atoms with Gasteiger partial charge in [-0.2, -0.15) is 15.1 Å². The Kier molecular flexibility index (Phi) is 5.25. The van der Waals surface area contributed by atoms with Crippen molar-refractivity contribution in [2.45, 2.75) is 19.5 Å². The number of nitrogen functional groups attached to an aromatic ring is 1. The topological polar surface area (TPSA) is 84.9 Å². The summed E-state index contributed by atoms with van der Waals surface area (Å²) in [6.07, 6.45) is 3.52. The van der Waals surface area contributed by atoms with Gasteiger partial charge in [-0.05, 0) is 25.6 Å². The summed E-state index contributed by atoms with van der Waals surface area (Å²) in [4.78, 5) is 10.8. The molecular weight excluding hydrogens is 314 g/mol. The molecule has 7 heteroatoms. The second-order valence-electron chi connectivity index (χ2n) is 6.15. The van der Waals surface area contributed by atoms with Crippen LogP contribution in [0.15, 0.2) is 54.9 Å². The molecule has 0 bridgehead atoms. The summed E-state index contributed by atoms with van der Waals surface area (Å²) in [6.45, 7) is 3.89. The van der Waals surface area contributed by atoms with Crippen LogP contribution in [0.5, 0.6) is 0 Å². The standard InChI is InChI=1S/C18H23N7/c1-14(12-24(2)13-15-7-4-3-5-8-15)21-16-11-17(23-18(19)22-16)25-10-6-9-20-25/h3-11,14H,12-13H2,1-2H3,(H3,19,21,22,23). The fourth-order valence-electron chi connectivity index (χ4n) is 2.77. The van der Waals surface area contributed by atoms with Crippen LogP contribution in [-0.4, -0.2) is 44.3 Å². The average Bonchev–Trinajstić information content (AvgIpc) is 3.09. The second-order valence-corrected chi connectivity index (χ2v) is 6.15. The van der Waals surface area contributed by atoms with E-state index in [4.69, 9.17) is 5.73 Å². The van der Waals surface area contributed by atoms with E-state index in [1.165, 1.54) is 5.56 Å². The molecule has 7 nitrogen and oxygen atoms in total. The molecule has 0 aliphatic carbocycles. The first-order valence-electron chi connectivity index (χ1n) is 8.24. The van der Waals surface area contributed by atoms with E-state index in [1.807, 2.05) is 24.4 Å². The second kappa shape index (κ2) is 7.76. The number of aromatic nitrogens is 4. The number of nitrogens with two attached hydrogens (primary N) is 1. The van der Waals surface area contributed by atoms with Crippen molar-refractivity contribution in [1.29, 1.82) is 0 Å². The largest absolute Gasteiger partial charge is 0.368 e. The quantitative estimate of drug-likeness (QED) is 0.687. The van der Waals surface area contributed by atoms with Crippen molar-refractivity contribution >= 4 is 11.8 Å². The molecule has 0 radical (unpaired) electrons. The minimum absolute atomic E-state index is 0.202. The van der Waals surface area contributed by atoms with Crippen molar-refractivity contribution in [3.05, 3.63) is 60.4 Å². The predicted octanol–water partition coefficient (Wildman–Crippen LogP) is 2.18. The third-order valence-electron chi connectivity index (χ3n) is 3.74. The van der Waals surface area contributed by atoms with Crippen LogP contribution < -0.4 is 11.1 Å². The molecule has 2 heterocycles. The van der Waals surface area contributed by atoms with Gasteiger partial charge < -0.3 is 16.0 Å². The predicted molar refractivity (Wildman–Crippen MR) is 99.4 cm³/mol. The lowest BCUT2D eigenvalue weighted by Crippen LogP contribution is -2.32. The Morgan fingerprint density at radius 2 is 2.00 bits per heavy atom. The highest BCUT2D eigenvalue weighted by atomic mass is 15.3. The molecule has 2 aromatic heterocycles. The fraction of sp³-hybridized carbons (Fsp3) is 0.278. The zero-order valence-electron chi connectivity index (χ0n) is 14.5. The maximum atomic E-state index is 5.83. The van der Waals surface area contributed by atoms with Crippen LogP contribution in [0, 0.1) is 0 Å². The number of hydrogen-bond acceptors (Lipinski definition) is 6. The smallest absolute Gasteiger partial charge is 0.224 e. The van der Waals surface area contributed by atoms with Gasteiger partial charge in [-0.1, -0.05) is 30.3 Å². The summed E-state index contributed by atoms with van der Waals surface area (Å²) < 4.78 is 1.66. The van der Waals surface area contributed by atoms with Gasteiger partial charge in [0.25, 0.3) is 0 Å². The third-order valence-corrected chi connectivity index (χ3v) is 3.74. The van der Waals surface area contributed by atoms with E-state index in [2.05, 4.69) is 63.5 Å². The monoisotopic (exact) mass is 337 g/mol. The minimum atomic E-state index is 0.202. The van der Waals surface area contributed by atoms with Gasteiger partial charge in [0.1, 0.15) is 5.82 Å². The summed E-state index contributed by atoms with van der Waals surface area (Å²) in [5.74, 6) is 1.56. The first-order chi connectivity index (χ1) is 12.1. The molecule has 3 N–H and O–H groups in total. The zero-order valence-corrected chi connectivity index (χ0v) is 14.5.